The molecule has 0 saturated carbocycles. The van der Waals surface area contributed by atoms with Crippen molar-refractivity contribution in [2.24, 2.45) is 5.73 Å². The van der Waals surface area contributed by atoms with E-state index >= 15 is 0 Å². The first kappa shape index (κ1) is 10.7. The van der Waals surface area contributed by atoms with E-state index in [2.05, 4.69) is 26.0 Å². The van der Waals surface area contributed by atoms with E-state index in [0.717, 1.165) is 25.2 Å². The van der Waals surface area contributed by atoms with Crippen molar-refractivity contribution in [1.29, 1.82) is 0 Å². The number of aryl methyl sites for hydroxylation is 2. The summed E-state index contributed by atoms with van der Waals surface area (Å²) in [7, 11) is 0. The second-order valence-electron chi connectivity index (χ2n) is 3.96. The summed E-state index contributed by atoms with van der Waals surface area (Å²) in [5, 5.41) is 0. The van der Waals surface area contributed by atoms with Gasteiger partial charge >= 0.3 is 0 Å². The average Bonchev–Trinajstić information content (AvgIpc) is 2.59. The smallest absolute Gasteiger partial charge is 0.114 e. The maximum atomic E-state index is 6.17. The number of nitrogens with two attached hydrogens (primary N) is 1. The van der Waals surface area contributed by atoms with Crippen molar-refractivity contribution in [2.45, 2.75) is 32.7 Å². The Bertz CT molecular complexity index is 361. The molecular weight excluding hydrogens is 206 g/mol. The highest BCUT2D eigenvalue weighted by molar-refractivity contribution is 7.12. The van der Waals surface area contributed by atoms with Crippen LogP contribution in [0.5, 0.6) is 0 Å². The summed E-state index contributed by atoms with van der Waals surface area (Å²) in [5.74, 6) is 0.947. The summed E-state index contributed by atoms with van der Waals surface area (Å²) in [5.41, 5.74) is 7.49. The molecule has 0 fully saturated rings. The Balaban J connectivity index is 2.19. The highest BCUT2D eigenvalue weighted by atomic mass is 32.1. The minimum atomic E-state index is -0.0669. The Labute approximate surface area is 94.7 Å². The highest BCUT2D eigenvalue weighted by Gasteiger charge is 2.17. The fraction of sp³-hybridized carbons (Fsp3) is 0.500. The minimum absolute atomic E-state index is 0.0669. The largest absolute Gasteiger partial charge is 0.496 e. The predicted molar refractivity (Wildman–Crippen MR) is 64.0 cm³/mol. The maximum Gasteiger partial charge on any atom is 0.114 e. The Kier molecular flexibility index (Phi) is 3.12. The first-order valence-corrected chi connectivity index (χ1v) is 6.15. The van der Waals surface area contributed by atoms with E-state index in [4.69, 9.17) is 10.5 Å². The molecule has 0 amide bonds. The van der Waals surface area contributed by atoms with Crippen molar-refractivity contribution in [3.8, 4) is 0 Å². The zero-order chi connectivity index (χ0) is 10.8. The van der Waals surface area contributed by atoms with E-state index in [1.165, 1.54) is 15.3 Å². The lowest BCUT2D eigenvalue weighted by Gasteiger charge is -2.19. The molecule has 1 aliphatic heterocycles. The van der Waals surface area contributed by atoms with Crippen molar-refractivity contribution in [3.05, 3.63) is 33.2 Å². The zero-order valence-electron chi connectivity index (χ0n) is 9.25. The third-order valence-electron chi connectivity index (χ3n) is 2.76. The van der Waals surface area contributed by atoms with E-state index in [-0.39, 0.29) is 6.04 Å². The first-order valence-electron chi connectivity index (χ1n) is 5.34. The summed E-state index contributed by atoms with van der Waals surface area (Å²) in [6, 6.07) is 2.10. The topological polar surface area (TPSA) is 35.2 Å². The number of allylic oxidation sites excluding steroid dienone is 1. The fourth-order valence-electron chi connectivity index (χ4n) is 1.69. The SMILES string of the molecule is Cc1cc(C(N)C2=CCCCO2)sc1C. The van der Waals surface area contributed by atoms with Gasteiger partial charge in [-0.2, -0.15) is 0 Å². The molecule has 0 radical (unpaired) electrons. The van der Waals surface area contributed by atoms with Crippen molar-refractivity contribution >= 4 is 11.3 Å². The molecule has 1 atom stereocenters. The van der Waals surface area contributed by atoms with Crippen LogP contribution in [0.25, 0.3) is 0 Å². The predicted octanol–water partition coefficient (Wildman–Crippen LogP) is 3.06. The second-order valence-corrected chi connectivity index (χ2v) is 5.25. The number of hydrogen-bond acceptors (Lipinski definition) is 3. The first-order chi connectivity index (χ1) is 7.18. The third-order valence-corrected chi connectivity index (χ3v) is 4.00. The van der Waals surface area contributed by atoms with Gasteiger partial charge in [-0.05, 0) is 44.4 Å². The summed E-state index contributed by atoms with van der Waals surface area (Å²) < 4.78 is 5.59. The lowest BCUT2D eigenvalue weighted by molar-refractivity contribution is 0.176. The van der Waals surface area contributed by atoms with Crippen LogP contribution in [0, 0.1) is 13.8 Å². The van der Waals surface area contributed by atoms with E-state index in [0.29, 0.717) is 0 Å². The lowest BCUT2D eigenvalue weighted by atomic mass is 10.1. The van der Waals surface area contributed by atoms with Crippen LogP contribution in [-0.2, 0) is 4.74 Å². The van der Waals surface area contributed by atoms with Crippen LogP contribution in [-0.4, -0.2) is 6.61 Å². The molecule has 1 unspecified atom stereocenters. The standard InChI is InChI=1S/C12H17NOS/c1-8-7-11(15-9(8)2)12(13)10-5-3-4-6-14-10/h5,7,12H,3-4,6,13H2,1-2H3. The van der Waals surface area contributed by atoms with Gasteiger partial charge in [-0.3, -0.25) is 0 Å². The lowest BCUT2D eigenvalue weighted by Crippen LogP contribution is -2.16. The van der Waals surface area contributed by atoms with Gasteiger partial charge in [0.2, 0.25) is 0 Å². The van der Waals surface area contributed by atoms with Gasteiger partial charge < -0.3 is 10.5 Å². The highest BCUT2D eigenvalue weighted by Crippen LogP contribution is 2.30. The number of ether oxygens (including phenoxy) is 1. The molecule has 0 bridgehead atoms. The van der Waals surface area contributed by atoms with E-state index in [1.54, 1.807) is 11.3 Å². The maximum absolute atomic E-state index is 6.17. The third kappa shape index (κ3) is 2.24. The van der Waals surface area contributed by atoms with Gasteiger partial charge in [0, 0.05) is 9.75 Å². The zero-order valence-corrected chi connectivity index (χ0v) is 10.1. The molecule has 15 heavy (non-hydrogen) atoms. The summed E-state index contributed by atoms with van der Waals surface area (Å²) in [6.45, 7) is 5.06. The minimum Gasteiger partial charge on any atom is -0.496 e. The van der Waals surface area contributed by atoms with Gasteiger partial charge in [0.25, 0.3) is 0 Å². The molecule has 3 heteroatoms. The van der Waals surface area contributed by atoms with Crippen LogP contribution in [0.15, 0.2) is 17.9 Å². The Morgan fingerprint density at radius 1 is 1.47 bits per heavy atom. The van der Waals surface area contributed by atoms with Crippen LogP contribution in [0.4, 0.5) is 0 Å². The molecule has 0 aliphatic carbocycles. The Hall–Kier alpha value is -0.800. The van der Waals surface area contributed by atoms with Crippen LogP contribution < -0.4 is 5.73 Å². The van der Waals surface area contributed by atoms with Crippen LogP contribution >= 0.6 is 11.3 Å². The average molecular weight is 223 g/mol. The Morgan fingerprint density at radius 2 is 2.27 bits per heavy atom. The van der Waals surface area contributed by atoms with Crippen LogP contribution in [0.2, 0.25) is 0 Å². The molecule has 1 aromatic rings. The number of hydrogen-bond donors (Lipinski definition) is 1. The molecule has 2 heterocycles. The summed E-state index contributed by atoms with van der Waals surface area (Å²) >= 11 is 1.77. The molecule has 2 rings (SSSR count). The van der Waals surface area contributed by atoms with Crippen molar-refractivity contribution < 1.29 is 4.74 Å². The van der Waals surface area contributed by atoms with Gasteiger partial charge in [0.15, 0.2) is 0 Å². The molecular formula is C12H17NOS. The normalized spacial score (nSPS) is 18.2. The summed E-state index contributed by atoms with van der Waals surface area (Å²) in [6.07, 6.45) is 4.32. The number of thiophene rings is 1. The van der Waals surface area contributed by atoms with Gasteiger partial charge in [-0.25, -0.2) is 0 Å². The molecule has 2 nitrogen and oxygen atoms in total. The van der Waals surface area contributed by atoms with E-state index in [1.807, 2.05) is 0 Å². The van der Waals surface area contributed by atoms with Gasteiger partial charge in [-0.15, -0.1) is 11.3 Å². The Morgan fingerprint density at radius 3 is 2.80 bits per heavy atom. The van der Waals surface area contributed by atoms with Crippen LogP contribution in [0.3, 0.4) is 0 Å². The van der Waals surface area contributed by atoms with E-state index in [9.17, 15) is 0 Å². The second kappa shape index (κ2) is 4.37. The molecule has 2 N–H and O–H groups in total. The van der Waals surface area contributed by atoms with Crippen LogP contribution in [0.1, 0.15) is 34.2 Å². The molecule has 1 aromatic heterocycles. The van der Waals surface area contributed by atoms with Gasteiger partial charge in [-0.1, -0.05) is 0 Å². The van der Waals surface area contributed by atoms with Crippen molar-refractivity contribution in [3.63, 3.8) is 0 Å². The fourth-order valence-corrected chi connectivity index (χ4v) is 2.74. The van der Waals surface area contributed by atoms with Crippen molar-refractivity contribution in [1.82, 2.24) is 0 Å². The molecule has 82 valence electrons. The molecule has 0 saturated heterocycles. The molecule has 1 aliphatic rings. The molecule has 0 spiro atoms. The van der Waals surface area contributed by atoms with Gasteiger partial charge in [0.05, 0.1) is 12.6 Å². The molecule has 0 aromatic carbocycles. The summed E-state index contributed by atoms with van der Waals surface area (Å²) in [4.78, 5) is 2.55. The van der Waals surface area contributed by atoms with Gasteiger partial charge in [0.1, 0.15) is 5.76 Å². The number of rotatable bonds is 2. The quantitative estimate of drug-likeness (QED) is 0.836. The van der Waals surface area contributed by atoms with Crippen molar-refractivity contribution in [2.75, 3.05) is 6.61 Å². The van der Waals surface area contributed by atoms with E-state index < -0.39 is 0 Å². The monoisotopic (exact) mass is 223 g/mol.